The van der Waals surface area contributed by atoms with Gasteiger partial charge in [-0.2, -0.15) is 0 Å². The minimum atomic E-state index is -0.209. The Balaban J connectivity index is 1.98. The molecular weight excluding hydrogens is 234 g/mol. The Kier molecular flexibility index (Phi) is 3.96. The molecule has 1 aliphatic rings. The van der Waals surface area contributed by atoms with Crippen LogP contribution in [0, 0.1) is 5.92 Å². The zero-order valence-corrected chi connectivity index (χ0v) is 10.4. The molecule has 0 radical (unpaired) electrons. The second-order valence-corrected chi connectivity index (χ2v) is 4.31. The van der Waals surface area contributed by atoms with Crippen molar-refractivity contribution in [3.63, 3.8) is 0 Å². The third-order valence-corrected chi connectivity index (χ3v) is 3.06. The first-order valence-corrected chi connectivity index (χ1v) is 6.16. The molecule has 0 unspecified atom stereocenters. The number of likely N-dealkylation sites (tertiary alicyclic amines) is 1. The quantitative estimate of drug-likeness (QED) is 0.807. The number of amides is 1. The third-order valence-electron chi connectivity index (χ3n) is 3.06. The number of imidazole rings is 1. The Labute approximate surface area is 105 Å². The second kappa shape index (κ2) is 5.66. The molecule has 6 heteroatoms. The van der Waals surface area contributed by atoms with E-state index in [1.165, 1.54) is 12.5 Å². The van der Waals surface area contributed by atoms with E-state index in [0.717, 1.165) is 12.8 Å². The molecule has 18 heavy (non-hydrogen) atoms. The fraction of sp³-hybridized carbons (Fsp3) is 0.583. The maximum Gasteiger partial charge on any atom is 0.310 e. The maximum absolute atomic E-state index is 12.1. The van der Waals surface area contributed by atoms with Crippen LogP contribution in [0.5, 0.6) is 0 Å². The molecule has 2 heterocycles. The third kappa shape index (κ3) is 2.69. The first kappa shape index (κ1) is 12.6. The summed E-state index contributed by atoms with van der Waals surface area (Å²) in [5.74, 6) is -0.522. The van der Waals surface area contributed by atoms with Gasteiger partial charge in [-0.3, -0.25) is 9.59 Å². The zero-order valence-electron chi connectivity index (χ0n) is 10.4. The standard InChI is InChI=1S/C12H17N3O3/c1-2-18-12(17)9-4-3-5-15(7-9)11(16)10-6-13-8-14-10/h6,8-9H,2-5,7H2,1H3,(H,13,14)/t9-/m1/s1. The van der Waals surface area contributed by atoms with Gasteiger partial charge in [0.05, 0.1) is 25.0 Å². The van der Waals surface area contributed by atoms with Crippen molar-refractivity contribution in [2.24, 2.45) is 5.92 Å². The van der Waals surface area contributed by atoms with Crippen molar-refractivity contribution < 1.29 is 14.3 Å². The number of hydrogen-bond acceptors (Lipinski definition) is 4. The molecule has 1 aromatic rings. The molecule has 1 amide bonds. The summed E-state index contributed by atoms with van der Waals surface area (Å²) >= 11 is 0. The smallest absolute Gasteiger partial charge is 0.310 e. The molecule has 0 saturated carbocycles. The van der Waals surface area contributed by atoms with Crippen molar-refractivity contribution >= 4 is 11.9 Å². The lowest BCUT2D eigenvalue weighted by Gasteiger charge is -2.31. The summed E-state index contributed by atoms with van der Waals surface area (Å²) < 4.78 is 5.00. The molecule has 1 saturated heterocycles. The minimum Gasteiger partial charge on any atom is -0.466 e. The van der Waals surface area contributed by atoms with E-state index >= 15 is 0 Å². The van der Waals surface area contributed by atoms with Gasteiger partial charge in [0.1, 0.15) is 5.69 Å². The molecule has 0 spiro atoms. The average Bonchev–Trinajstić information content (AvgIpc) is 2.92. The molecule has 1 aliphatic heterocycles. The number of ether oxygens (including phenoxy) is 1. The van der Waals surface area contributed by atoms with Crippen LogP contribution >= 0.6 is 0 Å². The number of aromatic amines is 1. The van der Waals surface area contributed by atoms with Crippen LogP contribution in [0.15, 0.2) is 12.5 Å². The van der Waals surface area contributed by atoms with Gasteiger partial charge in [0.15, 0.2) is 0 Å². The number of nitrogens with one attached hydrogen (secondary N) is 1. The van der Waals surface area contributed by atoms with Gasteiger partial charge < -0.3 is 14.6 Å². The van der Waals surface area contributed by atoms with Gasteiger partial charge in [0, 0.05) is 13.1 Å². The predicted molar refractivity (Wildman–Crippen MR) is 63.8 cm³/mol. The minimum absolute atomic E-state index is 0.110. The van der Waals surface area contributed by atoms with Crippen LogP contribution in [0.2, 0.25) is 0 Å². The Bertz CT molecular complexity index is 416. The van der Waals surface area contributed by atoms with Gasteiger partial charge in [-0.25, -0.2) is 4.98 Å². The molecule has 98 valence electrons. The van der Waals surface area contributed by atoms with E-state index < -0.39 is 0 Å². The van der Waals surface area contributed by atoms with Gasteiger partial charge in [0.2, 0.25) is 0 Å². The van der Waals surface area contributed by atoms with Crippen molar-refractivity contribution in [1.82, 2.24) is 14.9 Å². The maximum atomic E-state index is 12.1. The molecule has 1 N–H and O–H groups in total. The number of esters is 1. The summed E-state index contributed by atoms with van der Waals surface area (Å²) in [5.41, 5.74) is 0.458. The number of rotatable bonds is 3. The lowest BCUT2D eigenvalue weighted by molar-refractivity contribution is -0.149. The summed E-state index contributed by atoms with van der Waals surface area (Å²) in [6, 6.07) is 0. The molecule has 1 fully saturated rings. The van der Waals surface area contributed by atoms with E-state index in [1.807, 2.05) is 0 Å². The predicted octanol–water partition coefficient (Wildman–Crippen LogP) is 0.825. The topological polar surface area (TPSA) is 75.3 Å². The Hall–Kier alpha value is -1.85. The fourth-order valence-corrected chi connectivity index (χ4v) is 2.16. The first-order valence-electron chi connectivity index (χ1n) is 6.16. The van der Waals surface area contributed by atoms with Crippen molar-refractivity contribution in [3.8, 4) is 0 Å². The Morgan fingerprint density at radius 3 is 3.11 bits per heavy atom. The summed E-state index contributed by atoms with van der Waals surface area (Å²) in [5, 5.41) is 0. The number of hydrogen-bond donors (Lipinski definition) is 1. The van der Waals surface area contributed by atoms with Gasteiger partial charge >= 0.3 is 5.97 Å². The van der Waals surface area contributed by atoms with E-state index in [0.29, 0.717) is 25.4 Å². The van der Waals surface area contributed by atoms with Crippen LogP contribution in [-0.4, -0.2) is 46.4 Å². The Morgan fingerprint density at radius 2 is 2.44 bits per heavy atom. The van der Waals surface area contributed by atoms with Crippen LogP contribution in [0.4, 0.5) is 0 Å². The summed E-state index contributed by atoms with van der Waals surface area (Å²) in [6.07, 6.45) is 4.57. The largest absolute Gasteiger partial charge is 0.466 e. The fourth-order valence-electron chi connectivity index (χ4n) is 2.16. The number of H-pyrrole nitrogens is 1. The van der Waals surface area contributed by atoms with Crippen molar-refractivity contribution in [1.29, 1.82) is 0 Å². The highest BCUT2D eigenvalue weighted by Gasteiger charge is 2.30. The molecule has 0 aromatic carbocycles. The normalized spacial score (nSPS) is 19.6. The number of nitrogens with zero attached hydrogens (tertiary/aromatic N) is 2. The van der Waals surface area contributed by atoms with E-state index in [2.05, 4.69) is 9.97 Å². The first-order chi connectivity index (χ1) is 8.72. The van der Waals surface area contributed by atoms with Gasteiger partial charge in [-0.15, -0.1) is 0 Å². The van der Waals surface area contributed by atoms with Gasteiger partial charge in [-0.05, 0) is 19.8 Å². The number of piperidine rings is 1. The zero-order chi connectivity index (χ0) is 13.0. The monoisotopic (exact) mass is 251 g/mol. The lowest BCUT2D eigenvalue weighted by Crippen LogP contribution is -2.42. The van der Waals surface area contributed by atoms with Crippen molar-refractivity contribution in [3.05, 3.63) is 18.2 Å². The highest BCUT2D eigenvalue weighted by molar-refractivity contribution is 5.92. The molecule has 0 bridgehead atoms. The lowest BCUT2D eigenvalue weighted by atomic mass is 9.98. The van der Waals surface area contributed by atoms with Crippen LogP contribution in [0.3, 0.4) is 0 Å². The van der Waals surface area contributed by atoms with Gasteiger partial charge in [0.25, 0.3) is 5.91 Å². The van der Waals surface area contributed by atoms with E-state index in [4.69, 9.17) is 4.74 Å². The van der Waals surface area contributed by atoms with E-state index in [1.54, 1.807) is 11.8 Å². The molecule has 2 rings (SSSR count). The van der Waals surface area contributed by atoms with Crippen molar-refractivity contribution in [2.45, 2.75) is 19.8 Å². The second-order valence-electron chi connectivity index (χ2n) is 4.31. The summed E-state index contributed by atoms with van der Waals surface area (Å²) in [6.45, 7) is 3.27. The van der Waals surface area contributed by atoms with Crippen LogP contribution in [-0.2, 0) is 9.53 Å². The number of aromatic nitrogens is 2. The summed E-state index contributed by atoms with van der Waals surface area (Å²) in [4.78, 5) is 32.1. The Morgan fingerprint density at radius 1 is 1.61 bits per heavy atom. The average molecular weight is 251 g/mol. The molecule has 0 aliphatic carbocycles. The van der Waals surface area contributed by atoms with E-state index in [-0.39, 0.29) is 17.8 Å². The molecule has 6 nitrogen and oxygen atoms in total. The highest BCUT2D eigenvalue weighted by atomic mass is 16.5. The van der Waals surface area contributed by atoms with Crippen LogP contribution < -0.4 is 0 Å². The molecule has 1 atom stereocenters. The number of carbonyl (C=O) groups is 2. The highest BCUT2D eigenvalue weighted by Crippen LogP contribution is 2.19. The molecular formula is C12H17N3O3. The number of carbonyl (C=O) groups excluding carboxylic acids is 2. The van der Waals surface area contributed by atoms with Crippen molar-refractivity contribution in [2.75, 3.05) is 19.7 Å². The summed E-state index contributed by atoms with van der Waals surface area (Å²) in [7, 11) is 0. The van der Waals surface area contributed by atoms with Gasteiger partial charge in [-0.1, -0.05) is 0 Å². The van der Waals surface area contributed by atoms with E-state index in [9.17, 15) is 9.59 Å². The van der Waals surface area contributed by atoms with Crippen LogP contribution in [0.25, 0.3) is 0 Å². The SMILES string of the molecule is CCOC(=O)[C@@H]1CCCN(C(=O)c2cnc[nH]2)C1. The molecule has 1 aromatic heterocycles. The van der Waals surface area contributed by atoms with Crippen LogP contribution in [0.1, 0.15) is 30.3 Å².